The van der Waals surface area contributed by atoms with E-state index in [1.165, 1.54) is 32.0 Å². The zero-order valence-electron chi connectivity index (χ0n) is 21.3. The largest absolute Gasteiger partial charge is 0.481 e. The Kier molecular flexibility index (Phi) is 7.16. The van der Waals surface area contributed by atoms with E-state index in [-0.39, 0.29) is 26.2 Å². The smallest absolute Gasteiger partial charge is 0.334 e. The molecule has 0 radical (unpaired) electrons. The highest BCUT2D eigenvalue weighted by atomic mass is 19.1. The maximum absolute atomic E-state index is 13.6. The van der Waals surface area contributed by atoms with Gasteiger partial charge in [-0.15, -0.1) is 0 Å². The van der Waals surface area contributed by atoms with Crippen LogP contribution in [0.5, 0.6) is 0 Å². The number of benzene rings is 3. The van der Waals surface area contributed by atoms with E-state index in [0.29, 0.717) is 5.56 Å². The van der Waals surface area contributed by atoms with Crippen LogP contribution < -0.4 is 5.32 Å². The van der Waals surface area contributed by atoms with Crippen LogP contribution in [0.25, 0.3) is 10.8 Å². The van der Waals surface area contributed by atoms with Gasteiger partial charge in [0.05, 0.1) is 19.5 Å². The van der Waals surface area contributed by atoms with Crippen LogP contribution >= 0.6 is 0 Å². The summed E-state index contributed by atoms with van der Waals surface area (Å²) in [6.07, 6.45) is -1.50. The summed E-state index contributed by atoms with van der Waals surface area (Å²) in [5.41, 5.74) is 1.55. The van der Waals surface area contributed by atoms with E-state index in [0.717, 1.165) is 16.3 Å². The number of halogens is 1. The molecule has 3 aromatic rings. The van der Waals surface area contributed by atoms with Crippen molar-refractivity contribution in [3.63, 3.8) is 0 Å². The number of piperazine rings is 1. The van der Waals surface area contributed by atoms with Gasteiger partial charge in [0.2, 0.25) is 11.8 Å². The van der Waals surface area contributed by atoms with Gasteiger partial charge in [0.25, 0.3) is 0 Å². The lowest BCUT2D eigenvalue weighted by atomic mass is 10.0. The summed E-state index contributed by atoms with van der Waals surface area (Å²) in [7, 11) is 1.59. The highest BCUT2D eigenvalue weighted by molar-refractivity contribution is 5.94. The van der Waals surface area contributed by atoms with Gasteiger partial charge in [0, 0.05) is 20.1 Å². The van der Waals surface area contributed by atoms with Crippen molar-refractivity contribution in [1.29, 1.82) is 0 Å². The molecule has 5 rings (SSSR count). The second-order valence-electron chi connectivity index (χ2n) is 9.70. The van der Waals surface area contributed by atoms with Gasteiger partial charge in [-0.05, 0) is 34.0 Å². The van der Waals surface area contributed by atoms with Crippen LogP contribution in [0.3, 0.4) is 0 Å². The molecule has 0 spiro atoms. The van der Waals surface area contributed by atoms with E-state index in [9.17, 15) is 28.7 Å². The number of hydrogen-bond acceptors (Lipinski definition) is 5. The first-order valence-electron chi connectivity index (χ1n) is 12.5. The highest BCUT2D eigenvalue weighted by Gasteiger charge is 2.51. The first-order valence-corrected chi connectivity index (χ1v) is 12.5. The number of carboxylic acids is 1. The summed E-state index contributed by atoms with van der Waals surface area (Å²) in [5, 5.41) is 17.1. The minimum Gasteiger partial charge on any atom is -0.481 e. The molecule has 10 nitrogen and oxygen atoms in total. The number of fused-ring (bicyclic) bond motifs is 2. The number of rotatable bonds is 6. The van der Waals surface area contributed by atoms with E-state index >= 15 is 0 Å². The van der Waals surface area contributed by atoms with Crippen molar-refractivity contribution in [2.45, 2.75) is 31.7 Å². The van der Waals surface area contributed by atoms with Gasteiger partial charge in [-0.3, -0.25) is 14.4 Å². The Labute approximate surface area is 224 Å². The van der Waals surface area contributed by atoms with E-state index in [4.69, 9.17) is 0 Å². The van der Waals surface area contributed by atoms with Gasteiger partial charge < -0.3 is 20.2 Å². The molecular weight excluding hydrogens is 505 g/mol. The fourth-order valence-electron chi connectivity index (χ4n) is 5.31. The summed E-state index contributed by atoms with van der Waals surface area (Å²) in [6.45, 7) is 0.0936. The Morgan fingerprint density at radius 3 is 2.49 bits per heavy atom. The third-order valence-electron chi connectivity index (χ3n) is 7.11. The number of nitrogens with zero attached hydrogens (tertiary/aromatic N) is 4. The lowest BCUT2D eigenvalue weighted by Crippen LogP contribution is -2.76. The number of amides is 4. The molecule has 11 heteroatoms. The topological polar surface area (TPSA) is 114 Å². The molecule has 2 saturated heterocycles. The number of likely N-dealkylation sites (N-methyl/N-ethyl adjacent to an activating group) is 1. The second kappa shape index (κ2) is 10.7. The van der Waals surface area contributed by atoms with Crippen molar-refractivity contribution in [1.82, 2.24) is 25.1 Å². The van der Waals surface area contributed by atoms with Gasteiger partial charge in [-0.1, -0.05) is 54.6 Å². The lowest BCUT2D eigenvalue weighted by Gasteiger charge is -2.54. The summed E-state index contributed by atoms with van der Waals surface area (Å²) < 4.78 is 13.3. The minimum absolute atomic E-state index is 0.00176. The molecular formula is C28H28FN5O5. The second-order valence-corrected chi connectivity index (χ2v) is 9.70. The molecule has 39 heavy (non-hydrogen) atoms. The molecule has 2 aliphatic rings. The Morgan fingerprint density at radius 2 is 1.74 bits per heavy atom. The van der Waals surface area contributed by atoms with Crippen LogP contribution in [0.2, 0.25) is 0 Å². The fourth-order valence-corrected chi connectivity index (χ4v) is 5.31. The van der Waals surface area contributed by atoms with Gasteiger partial charge in [-0.2, -0.15) is 0 Å². The Morgan fingerprint density at radius 1 is 1.03 bits per heavy atom. The lowest BCUT2D eigenvalue weighted by molar-refractivity contribution is -0.189. The molecule has 2 fully saturated rings. The molecule has 2 heterocycles. The summed E-state index contributed by atoms with van der Waals surface area (Å²) in [5.74, 6) is -2.53. The SMILES string of the molecule is CN1CC(=O)N2[C@@H](CC(=O)O)C(=O)N(Cc3cccc4ccccc34)C[C@@H]2N1C(=O)NCc1ccc(F)cc1. The zero-order valence-corrected chi connectivity index (χ0v) is 21.3. The third-order valence-corrected chi connectivity index (χ3v) is 7.11. The fraction of sp³-hybridized carbons (Fsp3) is 0.286. The quantitative estimate of drug-likeness (QED) is 0.503. The third kappa shape index (κ3) is 5.26. The van der Waals surface area contributed by atoms with Gasteiger partial charge in [0.15, 0.2) is 0 Å². The number of aliphatic carboxylic acids is 1. The number of carboxylic acid groups (broad SMARTS) is 1. The van der Waals surface area contributed by atoms with Crippen LogP contribution in [-0.2, 0) is 27.5 Å². The normalized spacial score (nSPS) is 19.8. The number of hydrogen-bond donors (Lipinski definition) is 2. The first-order chi connectivity index (χ1) is 18.7. The number of carbonyl (C=O) groups excluding carboxylic acids is 3. The van der Waals surface area contributed by atoms with Crippen LogP contribution in [0.4, 0.5) is 9.18 Å². The average molecular weight is 534 g/mol. The van der Waals surface area contributed by atoms with Crippen molar-refractivity contribution in [3.8, 4) is 0 Å². The highest BCUT2D eigenvalue weighted by Crippen LogP contribution is 2.29. The van der Waals surface area contributed by atoms with E-state index in [1.54, 1.807) is 19.2 Å². The number of nitrogens with one attached hydrogen (secondary N) is 1. The molecule has 202 valence electrons. The van der Waals surface area contributed by atoms with Crippen LogP contribution in [0.1, 0.15) is 17.5 Å². The van der Waals surface area contributed by atoms with Crippen molar-refractivity contribution in [3.05, 3.63) is 83.7 Å². The van der Waals surface area contributed by atoms with Crippen molar-refractivity contribution < 1.29 is 28.7 Å². The predicted octanol–water partition coefficient (Wildman–Crippen LogP) is 2.39. The Balaban J connectivity index is 1.45. The maximum atomic E-state index is 13.6. The Hall–Kier alpha value is -4.51. The van der Waals surface area contributed by atoms with Crippen LogP contribution in [-0.4, -0.2) is 81.1 Å². The van der Waals surface area contributed by atoms with Gasteiger partial charge >= 0.3 is 12.0 Å². The van der Waals surface area contributed by atoms with Crippen LogP contribution in [0, 0.1) is 5.82 Å². The van der Waals surface area contributed by atoms with Gasteiger partial charge in [0.1, 0.15) is 18.0 Å². The molecule has 2 N–H and O–H groups in total. The maximum Gasteiger partial charge on any atom is 0.334 e. The number of hydrazine groups is 1. The summed E-state index contributed by atoms with van der Waals surface area (Å²) >= 11 is 0. The van der Waals surface area contributed by atoms with E-state index in [2.05, 4.69) is 5.32 Å². The zero-order chi connectivity index (χ0) is 27.7. The molecule has 3 aromatic carbocycles. The standard InChI is InChI=1S/C28H28FN5O5/c1-31-17-25(35)33-23(13-26(36)37)27(38)32(15-20-7-4-6-19-5-2-3-8-22(19)20)16-24(33)34(31)28(39)30-14-18-9-11-21(29)12-10-18/h2-12,23-24H,13-17H2,1H3,(H,30,39)(H,36,37)/t23-,24-/m0/s1. The molecule has 4 amide bonds. The molecule has 0 aromatic heterocycles. The molecule has 0 unspecified atom stereocenters. The minimum atomic E-state index is -1.26. The molecule has 0 aliphatic carbocycles. The monoisotopic (exact) mass is 533 g/mol. The van der Waals surface area contributed by atoms with Crippen molar-refractivity contribution in [2.24, 2.45) is 0 Å². The van der Waals surface area contributed by atoms with Crippen LogP contribution in [0.15, 0.2) is 66.7 Å². The van der Waals surface area contributed by atoms with Crippen molar-refractivity contribution >= 4 is 34.6 Å². The van der Waals surface area contributed by atoms with E-state index < -0.39 is 48.3 Å². The number of carbonyl (C=O) groups is 4. The predicted molar refractivity (Wildman–Crippen MR) is 139 cm³/mol. The summed E-state index contributed by atoms with van der Waals surface area (Å²) in [6, 6.07) is 17.4. The summed E-state index contributed by atoms with van der Waals surface area (Å²) in [4.78, 5) is 54.6. The van der Waals surface area contributed by atoms with E-state index in [1.807, 2.05) is 42.5 Å². The molecule has 2 atom stereocenters. The average Bonchev–Trinajstić information content (AvgIpc) is 2.90. The molecule has 0 bridgehead atoms. The van der Waals surface area contributed by atoms with Crippen molar-refractivity contribution in [2.75, 3.05) is 20.1 Å². The first kappa shape index (κ1) is 26.1. The van der Waals surface area contributed by atoms with Gasteiger partial charge in [-0.25, -0.2) is 19.2 Å². The number of urea groups is 1. The molecule has 0 saturated carbocycles. The Bertz CT molecular complexity index is 1430. The molecule has 2 aliphatic heterocycles.